The van der Waals surface area contributed by atoms with Crippen molar-refractivity contribution in [2.75, 3.05) is 6.54 Å². The number of rotatable bonds is 5. The standard InChI is InChI=1S/C9H11ClN2O2S/c10-7-3-11-8(15-7)4-12(5-9(13)14)6-1-2-6/h3,6H,1-2,4-5H2,(H,13,14). The molecule has 0 spiro atoms. The van der Waals surface area contributed by atoms with Gasteiger partial charge in [-0.3, -0.25) is 9.69 Å². The topological polar surface area (TPSA) is 53.4 Å². The van der Waals surface area contributed by atoms with Crippen LogP contribution in [0.15, 0.2) is 6.20 Å². The Morgan fingerprint density at radius 3 is 2.93 bits per heavy atom. The lowest BCUT2D eigenvalue weighted by molar-refractivity contribution is -0.138. The average molecular weight is 247 g/mol. The molecule has 6 heteroatoms. The van der Waals surface area contributed by atoms with Crippen LogP contribution in [0.1, 0.15) is 17.8 Å². The quantitative estimate of drug-likeness (QED) is 0.862. The number of halogens is 1. The molecule has 2 rings (SSSR count). The average Bonchev–Trinajstić information content (AvgIpc) is 2.90. The predicted octanol–water partition coefficient (Wildman–Crippen LogP) is 1.85. The fraction of sp³-hybridized carbons (Fsp3) is 0.556. The van der Waals surface area contributed by atoms with Crippen molar-refractivity contribution < 1.29 is 9.90 Å². The summed E-state index contributed by atoms with van der Waals surface area (Å²) in [4.78, 5) is 16.7. The molecule has 0 bridgehead atoms. The maximum Gasteiger partial charge on any atom is 0.317 e. The number of hydrogen-bond acceptors (Lipinski definition) is 4. The van der Waals surface area contributed by atoms with Gasteiger partial charge in [-0.15, -0.1) is 11.3 Å². The van der Waals surface area contributed by atoms with E-state index in [0.717, 1.165) is 17.8 Å². The molecule has 15 heavy (non-hydrogen) atoms. The van der Waals surface area contributed by atoms with Crippen molar-refractivity contribution in [3.8, 4) is 0 Å². The highest BCUT2D eigenvalue weighted by atomic mass is 35.5. The molecule has 4 nitrogen and oxygen atoms in total. The summed E-state index contributed by atoms with van der Waals surface area (Å²) in [7, 11) is 0. The first kappa shape index (κ1) is 10.9. The van der Waals surface area contributed by atoms with E-state index in [9.17, 15) is 4.79 Å². The van der Waals surface area contributed by atoms with Gasteiger partial charge in [-0.2, -0.15) is 0 Å². The number of thiazole rings is 1. The minimum atomic E-state index is -0.787. The normalized spacial score (nSPS) is 15.9. The first-order valence-electron chi connectivity index (χ1n) is 4.71. The lowest BCUT2D eigenvalue weighted by atomic mass is 10.4. The van der Waals surface area contributed by atoms with Crippen molar-refractivity contribution in [1.29, 1.82) is 0 Å². The number of carboxylic acids is 1. The number of aliphatic carboxylic acids is 1. The zero-order chi connectivity index (χ0) is 10.8. The van der Waals surface area contributed by atoms with Gasteiger partial charge in [-0.1, -0.05) is 11.6 Å². The van der Waals surface area contributed by atoms with Gasteiger partial charge < -0.3 is 5.11 Å². The third-order valence-corrected chi connectivity index (χ3v) is 3.36. The lowest BCUT2D eigenvalue weighted by Gasteiger charge is -2.17. The number of aromatic nitrogens is 1. The predicted molar refractivity (Wildman–Crippen MR) is 58.2 cm³/mol. The van der Waals surface area contributed by atoms with E-state index >= 15 is 0 Å². The summed E-state index contributed by atoms with van der Waals surface area (Å²) in [6.45, 7) is 0.677. The van der Waals surface area contributed by atoms with Crippen molar-refractivity contribution >= 4 is 28.9 Å². The van der Waals surface area contributed by atoms with Gasteiger partial charge in [-0.25, -0.2) is 4.98 Å². The van der Waals surface area contributed by atoms with E-state index in [2.05, 4.69) is 4.98 Å². The van der Waals surface area contributed by atoms with Gasteiger partial charge in [0, 0.05) is 6.04 Å². The molecular weight excluding hydrogens is 236 g/mol. The Labute approximate surface area is 96.5 Å². The Balaban J connectivity index is 1.96. The monoisotopic (exact) mass is 246 g/mol. The highest BCUT2D eigenvalue weighted by Gasteiger charge is 2.30. The zero-order valence-electron chi connectivity index (χ0n) is 8.02. The van der Waals surface area contributed by atoms with Crippen molar-refractivity contribution in [3.63, 3.8) is 0 Å². The summed E-state index contributed by atoms with van der Waals surface area (Å²) >= 11 is 7.17. The Hall–Kier alpha value is -0.650. The molecule has 0 atom stereocenters. The molecule has 1 heterocycles. The highest BCUT2D eigenvalue weighted by molar-refractivity contribution is 7.15. The minimum absolute atomic E-state index is 0.0852. The van der Waals surface area contributed by atoms with E-state index < -0.39 is 5.97 Å². The number of carboxylic acid groups (broad SMARTS) is 1. The molecule has 1 aromatic rings. The third-order valence-electron chi connectivity index (χ3n) is 2.27. The van der Waals surface area contributed by atoms with Crippen molar-refractivity contribution in [1.82, 2.24) is 9.88 Å². The first-order chi connectivity index (χ1) is 7.15. The Kier molecular flexibility index (Phi) is 3.23. The highest BCUT2D eigenvalue weighted by Crippen LogP contribution is 2.29. The fourth-order valence-electron chi connectivity index (χ4n) is 1.46. The summed E-state index contributed by atoms with van der Waals surface area (Å²) in [5, 5.41) is 9.64. The lowest BCUT2D eigenvalue weighted by Crippen LogP contribution is -2.31. The van der Waals surface area contributed by atoms with Gasteiger partial charge in [0.15, 0.2) is 0 Å². The van der Waals surface area contributed by atoms with Crippen LogP contribution in [0.3, 0.4) is 0 Å². The Bertz CT molecular complexity index is 365. The van der Waals surface area contributed by atoms with Gasteiger partial charge in [0.1, 0.15) is 9.34 Å². The second kappa shape index (κ2) is 4.47. The van der Waals surface area contributed by atoms with E-state index in [1.54, 1.807) is 6.20 Å². The summed E-state index contributed by atoms with van der Waals surface area (Å²) in [5.74, 6) is -0.787. The molecule has 0 unspecified atom stereocenters. The van der Waals surface area contributed by atoms with Gasteiger partial charge in [0.05, 0.1) is 19.3 Å². The van der Waals surface area contributed by atoms with Crippen LogP contribution < -0.4 is 0 Å². The van der Waals surface area contributed by atoms with Crippen molar-refractivity contribution in [3.05, 3.63) is 15.5 Å². The van der Waals surface area contributed by atoms with Gasteiger partial charge in [-0.05, 0) is 12.8 Å². The van der Waals surface area contributed by atoms with Crippen LogP contribution in [0.2, 0.25) is 4.34 Å². The molecule has 0 saturated heterocycles. The number of carbonyl (C=O) groups is 1. The van der Waals surface area contributed by atoms with Crippen LogP contribution in [-0.2, 0) is 11.3 Å². The van der Waals surface area contributed by atoms with Crippen LogP contribution in [-0.4, -0.2) is 33.5 Å². The molecule has 1 aliphatic rings. The second-order valence-electron chi connectivity index (χ2n) is 3.59. The fourth-order valence-corrected chi connectivity index (χ4v) is 2.44. The maximum absolute atomic E-state index is 10.7. The molecule has 1 saturated carbocycles. The van der Waals surface area contributed by atoms with Crippen LogP contribution >= 0.6 is 22.9 Å². The SMILES string of the molecule is O=C(O)CN(Cc1ncc(Cl)s1)C1CC1. The van der Waals surface area contributed by atoms with Crippen molar-refractivity contribution in [2.45, 2.75) is 25.4 Å². The minimum Gasteiger partial charge on any atom is -0.480 e. The Morgan fingerprint density at radius 1 is 1.73 bits per heavy atom. The smallest absolute Gasteiger partial charge is 0.317 e. The van der Waals surface area contributed by atoms with Crippen LogP contribution in [0.4, 0.5) is 0 Å². The second-order valence-corrected chi connectivity index (χ2v) is 5.33. The first-order valence-corrected chi connectivity index (χ1v) is 5.90. The van der Waals surface area contributed by atoms with E-state index in [1.165, 1.54) is 11.3 Å². The summed E-state index contributed by atoms with van der Waals surface area (Å²) < 4.78 is 0.649. The van der Waals surface area contributed by atoms with E-state index in [4.69, 9.17) is 16.7 Å². The number of hydrogen-bond donors (Lipinski definition) is 1. The summed E-state index contributed by atoms with van der Waals surface area (Å²) in [5.41, 5.74) is 0. The van der Waals surface area contributed by atoms with Crippen molar-refractivity contribution in [2.24, 2.45) is 0 Å². The molecule has 1 N–H and O–H groups in total. The van der Waals surface area contributed by atoms with Crippen LogP contribution in [0.25, 0.3) is 0 Å². The molecule has 0 aromatic carbocycles. The molecule has 1 aromatic heterocycles. The summed E-state index contributed by atoms with van der Waals surface area (Å²) in [6, 6.07) is 0.420. The molecule has 0 amide bonds. The molecule has 82 valence electrons. The van der Waals surface area contributed by atoms with E-state index in [-0.39, 0.29) is 6.54 Å². The maximum atomic E-state index is 10.7. The Morgan fingerprint density at radius 2 is 2.47 bits per heavy atom. The molecule has 1 aliphatic carbocycles. The van der Waals surface area contributed by atoms with Gasteiger partial charge in [0.2, 0.25) is 0 Å². The molecule has 1 fully saturated rings. The molecule has 0 aliphatic heterocycles. The largest absolute Gasteiger partial charge is 0.480 e. The number of nitrogens with zero attached hydrogens (tertiary/aromatic N) is 2. The molecular formula is C9H11ClN2O2S. The third kappa shape index (κ3) is 3.15. The molecule has 0 radical (unpaired) electrons. The van der Waals surface area contributed by atoms with Gasteiger partial charge >= 0.3 is 5.97 Å². The van der Waals surface area contributed by atoms with E-state index in [0.29, 0.717) is 16.9 Å². The van der Waals surface area contributed by atoms with Gasteiger partial charge in [0.25, 0.3) is 0 Å². The zero-order valence-corrected chi connectivity index (χ0v) is 9.59. The van der Waals surface area contributed by atoms with E-state index in [1.807, 2.05) is 4.90 Å². The van der Waals surface area contributed by atoms with Crippen LogP contribution in [0.5, 0.6) is 0 Å². The van der Waals surface area contributed by atoms with Crippen LogP contribution in [0, 0.1) is 0 Å². The summed E-state index contributed by atoms with van der Waals surface area (Å²) in [6.07, 6.45) is 3.78.